The quantitative estimate of drug-likeness (QED) is 0.861. The minimum atomic E-state index is -1.15. The van der Waals surface area contributed by atoms with E-state index in [-0.39, 0.29) is 11.1 Å². The van der Waals surface area contributed by atoms with E-state index in [1.807, 2.05) is 6.92 Å². The van der Waals surface area contributed by atoms with Crippen molar-refractivity contribution in [1.82, 2.24) is 4.98 Å². The second kappa shape index (κ2) is 5.41. The van der Waals surface area contributed by atoms with Gasteiger partial charge in [0.25, 0.3) is 0 Å². The van der Waals surface area contributed by atoms with Gasteiger partial charge in [-0.15, -0.1) is 0 Å². The number of hydrogen-bond acceptors (Lipinski definition) is 4. The molecule has 1 saturated heterocycles. The Morgan fingerprint density at radius 2 is 2.50 bits per heavy atom. The standard InChI is InChI=1S/C11H14ClN3O3/c1-7-6-18-3-2-15(7)10-4-9(14-11(16)17)8(12)5-13-10/h4-5,7H,2-3,6H2,1H3,(H,13,14)(H,16,17)/t7-/m0/s1. The van der Waals surface area contributed by atoms with Gasteiger partial charge in [0.1, 0.15) is 5.82 Å². The summed E-state index contributed by atoms with van der Waals surface area (Å²) < 4.78 is 5.35. The molecule has 0 aliphatic carbocycles. The van der Waals surface area contributed by atoms with Crippen LogP contribution in [0.4, 0.5) is 16.3 Å². The molecule has 6 nitrogen and oxygen atoms in total. The van der Waals surface area contributed by atoms with Crippen LogP contribution in [0.25, 0.3) is 0 Å². The number of anilines is 2. The maximum atomic E-state index is 10.6. The van der Waals surface area contributed by atoms with Crippen molar-refractivity contribution in [2.75, 3.05) is 30.0 Å². The molecule has 1 fully saturated rings. The maximum absolute atomic E-state index is 10.6. The van der Waals surface area contributed by atoms with Crippen molar-refractivity contribution in [2.24, 2.45) is 0 Å². The summed E-state index contributed by atoms with van der Waals surface area (Å²) in [5, 5.41) is 11.3. The first-order valence-corrected chi connectivity index (χ1v) is 5.95. The van der Waals surface area contributed by atoms with Gasteiger partial charge < -0.3 is 14.7 Å². The summed E-state index contributed by atoms with van der Waals surface area (Å²) in [6.07, 6.45) is 0.300. The molecular formula is C11H14ClN3O3. The van der Waals surface area contributed by atoms with Gasteiger partial charge >= 0.3 is 6.09 Å². The highest BCUT2D eigenvalue weighted by molar-refractivity contribution is 6.33. The molecular weight excluding hydrogens is 258 g/mol. The third-order valence-electron chi connectivity index (χ3n) is 2.74. The van der Waals surface area contributed by atoms with Gasteiger partial charge in [-0.05, 0) is 6.92 Å². The molecule has 98 valence electrons. The number of morpholine rings is 1. The summed E-state index contributed by atoms with van der Waals surface area (Å²) >= 11 is 5.88. The molecule has 2 N–H and O–H groups in total. The van der Waals surface area contributed by atoms with E-state index in [1.54, 1.807) is 6.07 Å². The predicted octanol–water partition coefficient (Wildman–Crippen LogP) is 2.05. The minimum absolute atomic E-state index is 0.199. The Hall–Kier alpha value is -1.53. The third kappa shape index (κ3) is 2.83. The maximum Gasteiger partial charge on any atom is 0.409 e. The van der Waals surface area contributed by atoms with Gasteiger partial charge in [-0.1, -0.05) is 11.6 Å². The van der Waals surface area contributed by atoms with E-state index < -0.39 is 6.09 Å². The first-order valence-electron chi connectivity index (χ1n) is 5.58. The van der Waals surface area contributed by atoms with Crippen LogP contribution >= 0.6 is 11.6 Å². The van der Waals surface area contributed by atoms with Crippen molar-refractivity contribution in [3.8, 4) is 0 Å². The summed E-state index contributed by atoms with van der Waals surface area (Å²) in [5.74, 6) is 0.693. The molecule has 1 aromatic rings. The number of amides is 1. The van der Waals surface area contributed by atoms with Crippen LogP contribution in [0.3, 0.4) is 0 Å². The topological polar surface area (TPSA) is 74.7 Å². The molecule has 18 heavy (non-hydrogen) atoms. The first kappa shape index (κ1) is 12.9. The molecule has 7 heteroatoms. The molecule has 0 bridgehead atoms. The monoisotopic (exact) mass is 271 g/mol. The lowest BCUT2D eigenvalue weighted by Crippen LogP contribution is -2.44. The molecule has 0 aromatic carbocycles. The largest absolute Gasteiger partial charge is 0.465 e. The smallest absolute Gasteiger partial charge is 0.409 e. The van der Waals surface area contributed by atoms with Crippen molar-refractivity contribution in [1.29, 1.82) is 0 Å². The Morgan fingerprint density at radius 3 is 3.17 bits per heavy atom. The Kier molecular flexibility index (Phi) is 3.88. The van der Waals surface area contributed by atoms with Crippen molar-refractivity contribution >= 4 is 29.2 Å². The Morgan fingerprint density at radius 1 is 1.72 bits per heavy atom. The average Bonchev–Trinajstić information content (AvgIpc) is 2.32. The molecule has 1 amide bonds. The number of aromatic nitrogens is 1. The van der Waals surface area contributed by atoms with E-state index in [0.717, 1.165) is 6.54 Å². The molecule has 0 spiro atoms. The van der Waals surface area contributed by atoms with E-state index in [1.165, 1.54) is 6.20 Å². The summed E-state index contributed by atoms with van der Waals surface area (Å²) in [7, 11) is 0. The number of hydrogen-bond donors (Lipinski definition) is 2. The second-order valence-corrected chi connectivity index (χ2v) is 4.48. The van der Waals surface area contributed by atoms with E-state index in [4.69, 9.17) is 21.4 Å². The number of rotatable bonds is 2. The van der Waals surface area contributed by atoms with E-state index in [0.29, 0.717) is 24.7 Å². The van der Waals surface area contributed by atoms with Gasteiger partial charge in [-0.2, -0.15) is 0 Å². The zero-order valence-corrected chi connectivity index (χ0v) is 10.6. The number of ether oxygens (including phenoxy) is 1. The summed E-state index contributed by atoms with van der Waals surface area (Å²) in [5.41, 5.74) is 0.341. The molecule has 1 atom stereocenters. The highest BCUT2D eigenvalue weighted by Crippen LogP contribution is 2.26. The van der Waals surface area contributed by atoms with Crippen LogP contribution in [0.1, 0.15) is 6.92 Å². The van der Waals surface area contributed by atoms with Crippen molar-refractivity contribution < 1.29 is 14.6 Å². The number of carbonyl (C=O) groups is 1. The summed E-state index contributed by atoms with van der Waals surface area (Å²) in [6, 6.07) is 1.84. The molecule has 2 heterocycles. The average molecular weight is 272 g/mol. The molecule has 0 saturated carbocycles. The zero-order valence-electron chi connectivity index (χ0n) is 9.89. The second-order valence-electron chi connectivity index (χ2n) is 4.07. The van der Waals surface area contributed by atoms with E-state index in [9.17, 15) is 4.79 Å². The Labute approximate surface area is 110 Å². The van der Waals surface area contributed by atoms with Crippen molar-refractivity contribution in [3.05, 3.63) is 17.3 Å². The normalized spacial score (nSPS) is 19.7. The van der Waals surface area contributed by atoms with Gasteiger partial charge in [0.2, 0.25) is 0 Å². The predicted molar refractivity (Wildman–Crippen MR) is 68.5 cm³/mol. The fourth-order valence-corrected chi connectivity index (χ4v) is 2.01. The third-order valence-corrected chi connectivity index (χ3v) is 3.05. The van der Waals surface area contributed by atoms with Crippen LogP contribution in [-0.4, -0.2) is 42.0 Å². The molecule has 0 unspecified atom stereocenters. The van der Waals surface area contributed by atoms with Crippen LogP contribution in [0.2, 0.25) is 5.02 Å². The highest BCUT2D eigenvalue weighted by atomic mass is 35.5. The van der Waals surface area contributed by atoms with Gasteiger partial charge in [-0.25, -0.2) is 9.78 Å². The van der Waals surface area contributed by atoms with E-state index >= 15 is 0 Å². The zero-order chi connectivity index (χ0) is 13.1. The van der Waals surface area contributed by atoms with Crippen molar-refractivity contribution in [2.45, 2.75) is 13.0 Å². The first-order chi connectivity index (χ1) is 8.58. The van der Waals surface area contributed by atoms with Gasteiger partial charge in [-0.3, -0.25) is 5.32 Å². The molecule has 1 aliphatic rings. The van der Waals surface area contributed by atoms with Crippen LogP contribution in [-0.2, 0) is 4.74 Å². The fraction of sp³-hybridized carbons (Fsp3) is 0.455. The summed E-state index contributed by atoms with van der Waals surface area (Å²) in [6.45, 7) is 4.02. The highest BCUT2D eigenvalue weighted by Gasteiger charge is 2.21. The lowest BCUT2D eigenvalue weighted by Gasteiger charge is -2.34. The minimum Gasteiger partial charge on any atom is -0.465 e. The summed E-state index contributed by atoms with van der Waals surface area (Å²) in [4.78, 5) is 16.9. The molecule has 2 rings (SSSR count). The fourth-order valence-electron chi connectivity index (χ4n) is 1.86. The van der Waals surface area contributed by atoms with Crippen LogP contribution < -0.4 is 10.2 Å². The number of nitrogens with one attached hydrogen (secondary N) is 1. The number of pyridine rings is 1. The van der Waals surface area contributed by atoms with Gasteiger partial charge in [0.05, 0.1) is 36.2 Å². The van der Waals surface area contributed by atoms with Gasteiger partial charge in [0, 0.05) is 12.6 Å². The van der Waals surface area contributed by atoms with E-state index in [2.05, 4.69) is 15.2 Å². The number of halogens is 1. The number of nitrogens with zero attached hydrogens (tertiary/aromatic N) is 2. The SMILES string of the molecule is C[C@H]1COCCN1c1cc(NC(=O)O)c(Cl)cn1. The molecule has 1 aromatic heterocycles. The number of carboxylic acid groups (broad SMARTS) is 1. The van der Waals surface area contributed by atoms with Crippen molar-refractivity contribution in [3.63, 3.8) is 0 Å². The lowest BCUT2D eigenvalue weighted by molar-refractivity contribution is 0.0985. The van der Waals surface area contributed by atoms with Crippen LogP contribution in [0.5, 0.6) is 0 Å². The lowest BCUT2D eigenvalue weighted by atomic mass is 10.2. The van der Waals surface area contributed by atoms with Gasteiger partial charge in [0.15, 0.2) is 0 Å². The molecule has 1 aliphatic heterocycles. The Balaban J connectivity index is 2.25. The Bertz CT molecular complexity index is 455. The van der Waals surface area contributed by atoms with Crippen LogP contribution in [0, 0.1) is 0 Å². The molecule has 0 radical (unpaired) electrons. The van der Waals surface area contributed by atoms with Crippen LogP contribution in [0.15, 0.2) is 12.3 Å².